The lowest BCUT2D eigenvalue weighted by atomic mass is 9.82. The molecule has 0 aliphatic carbocycles. The van der Waals surface area contributed by atoms with Gasteiger partial charge in [0, 0.05) is 44.5 Å². The average molecular weight is 858 g/mol. The van der Waals surface area contributed by atoms with Crippen LogP contribution in [0.4, 0.5) is 0 Å². The molecular weight excluding hydrogens is 771 g/mol. The normalized spacial score (nSPS) is 35.3. The third kappa shape index (κ3) is 19.9. The molecule has 14 heteroatoms. The lowest BCUT2D eigenvalue weighted by Gasteiger charge is -2.40. The molecule has 3 fully saturated rings. The predicted octanol–water partition coefficient (Wildman–Crippen LogP) is 5.43. The van der Waals surface area contributed by atoms with Crippen molar-refractivity contribution >= 4 is 11.8 Å². The van der Waals surface area contributed by atoms with E-state index in [1.54, 1.807) is 27.9 Å². The highest BCUT2D eigenvalue weighted by molar-refractivity contribution is 5.89. The number of carbonyl (C=O) groups is 1. The standard InChI is InChI=1S/C32H53N3O7.C7H14O3.C3H8O.2C2H6/c1-20-15-26(36)27(14-13-21(2)29(37)32(5,39)30(38)23(4)33-18-20)42-28-17-25(16-22(3)41-28)35(6)31(40-7)34-19-24-11-9-8-10-12-24;1-4-3-6(8)10-5(2)7(4)9;1-2-3-4;2*1-2/h8-12,20-23,25-28,30,33,36,38-39H,13-19H2,1-7H3;4-9H,3H2,1-2H3;4H,2-3H2,1H3;2*1-2H3/t20-,21?,22?,23?,25?,26?,27-,28?,30?,32-;4?,5?,6-,7-;;;/m11.../s1. The molecule has 3 heterocycles. The minimum Gasteiger partial charge on any atom is -0.468 e. The Kier molecular flexibility index (Phi) is 29.6. The molecule has 0 amide bonds. The number of hydrogen-bond donors (Lipinski definition) is 7. The Morgan fingerprint density at radius 2 is 1.53 bits per heavy atom. The van der Waals surface area contributed by atoms with Crippen LogP contribution in [0.5, 0.6) is 0 Å². The number of benzene rings is 1. The molecule has 14 nitrogen and oxygen atoms in total. The Bertz CT molecular complexity index is 1260. The van der Waals surface area contributed by atoms with Crippen molar-refractivity contribution in [2.45, 2.75) is 201 Å². The van der Waals surface area contributed by atoms with E-state index >= 15 is 0 Å². The number of aliphatic imine (C=N–C) groups is 1. The monoisotopic (exact) mass is 858 g/mol. The highest BCUT2D eigenvalue weighted by Gasteiger charge is 2.44. The van der Waals surface area contributed by atoms with Crippen LogP contribution in [0.3, 0.4) is 0 Å². The van der Waals surface area contributed by atoms with Gasteiger partial charge >= 0.3 is 0 Å². The summed E-state index contributed by atoms with van der Waals surface area (Å²) in [7, 11) is 3.58. The molecule has 7 N–H and O–H groups in total. The quantitative estimate of drug-likeness (QED) is 0.141. The number of nitrogens with one attached hydrogen (secondary N) is 1. The van der Waals surface area contributed by atoms with Gasteiger partial charge in [-0.1, -0.05) is 85.7 Å². The van der Waals surface area contributed by atoms with Crippen molar-refractivity contribution in [3.05, 3.63) is 35.9 Å². The maximum Gasteiger partial charge on any atom is 0.287 e. The molecule has 1 aromatic carbocycles. The molecule has 1 aromatic rings. The molecule has 4 rings (SSSR count). The molecule has 9 unspecified atom stereocenters. The Hall–Kier alpha value is -2.24. The van der Waals surface area contributed by atoms with Crippen molar-refractivity contribution in [3.8, 4) is 0 Å². The molecule has 0 spiro atoms. The van der Waals surface area contributed by atoms with Crippen molar-refractivity contribution in [3.63, 3.8) is 0 Å². The van der Waals surface area contributed by atoms with Crippen LogP contribution < -0.4 is 5.32 Å². The van der Waals surface area contributed by atoms with Crippen LogP contribution in [0.25, 0.3) is 0 Å². The molecule has 14 atom stereocenters. The van der Waals surface area contributed by atoms with E-state index in [1.165, 1.54) is 6.92 Å². The largest absolute Gasteiger partial charge is 0.468 e. The minimum absolute atomic E-state index is 0.0434. The summed E-state index contributed by atoms with van der Waals surface area (Å²) in [4.78, 5) is 19.9. The van der Waals surface area contributed by atoms with Gasteiger partial charge in [-0.05, 0) is 83.7 Å². The van der Waals surface area contributed by atoms with E-state index in [2.05, 4.69) is 5.32 Å². The summed E-state index contributed by atoms with van der Waals surface area (Å²) >= 11 is 0. The molecule has 0 radical (unpaired) electrons. The van der Waals surface area contributed by atoms with E-state index in [4.69, 9.17) is 34.2 Å². The summed E-state index contributed by atoms with van der Waals surface area (Å²) in [6.07, 6.45) is -0.579. The lowest BCUT2D eigenvalue weighted by Crippen LogP contribution is -2.57. The molecule has 60 heavy (non-hydrogen) atoms. The lowest BCUT2D eigenvalue weighted by molar-refractivity contribution is -0.236. The highest BCUT2D eigenvalue weighted by Crippen LogP contribution is 2.30. The van der Waals surface area contributed by atoms with Gasteiger partial charge in [-0.25, -0.2) is 4.99 Å². The first kappa shape index (κ1) is 57.8. The van der Waals surface area contributed by atoms with Crippen LogP contribution in [0.1, 0.15) is 134 Å². The van der Waals surface area contributed by atoms with Crippen LogP contribution >= 0.6 is 0 Å². The molecular formula is C46H87N3O11. The van der Waals surface area contributed by atoms with Crippen molar-refractivity contribution in [1.82, 2.24) is 10.2 Å². The van der Waals surface area contributed by atoms with Crippen LogP contribution in [0.15, 0.2) is 35.3 Å². The van der Waals surface area contributed by atoms with Crippen molar-refractivity contribution in [2.75, 3.05) is 27.3 Å². The number of carbonyl (C=O) groups excluding carboxylic acids is 1. The zero-order valence-electron chi connectivity index (χ0n) is 39.6. The Balaban J connectivity index is 0.00000161. The highest BCUT2D eigenvalue weighted by atomic mass is 16.7. The summed E-state index contributed by atoms with van der Waals surface area (Å²) in [6.45, 7) is 23.8. The topological polar surface area (TPSA) is 203 Å². The van der Waals surface area contributed by atoms with Gasteiger partial charge in [-0.2, -0.15) is 0 Å². The summed E-state index contributed by atoms with van der Waals surface area (Å²) < 4.78 is 23.3. The smallest absolute Gasteiger partial charge is 0.287 e. The SMILES string of the molecule is CC.CC.CC1C[C@H](O)OC(C)[C@@H]1O.CCCO.COC(=NCc1ccccc1)N(C)C1CC(C)OC(O[C@@H]2CCC(C)C(=O)[C@@](C)(O)C(O)C(C)NC[C@H](C)CC2O)C1. The zero-order valence-corrected chi connectivity index (χ0v) is 39.6. The van der Waals surface area contributed by atoms with E-state index in [0.29, 0.717) is 57.8 Å². The molecule has 3 aliphatic heterocycles. The number of hydrogen-bond acceptors (Lipinski definition) is 13. The first-order valence-electron chi connectivity index (χ1n) is 22.5. The van der Waals surface area contributed by atoms with E-state index in [9.17, 15) is 25.2 Å². The number of aliphatic hydroxyl groups is 6. The average Bonchev–Trinajstić information content (AvgIpc) is 3.24. The molecule has 0 bridgehead atoms. The summed E-state index contributed by atoms with van der Waals surface area (Å²) in [5, 5.41) is 62.5. The third-order valence-electron chi connectivity index (χ3n) is 11.0. The number of amidine groups is 1. The predicted molar refractivity (Wildman–Crippen MR) is 238 cm³/mol. The van der Waals surface area contributed by atoms with Crippen molar-refractivity contribution < 1.29 is 54.4 Å². The molecule has 0 saturated carbocycles. The third-order valence-corrected chi connectivity index (χ3v) is 11.0. The van der Waals surface area contributed by atoms with Crippen LogP contribution in [0.2, 0.25) is 0 Å². The Morgan fingerprint density at radius 1 is 0.933 bits per heavy atom. The van der Waals surface area contributed by atoms with Gasteiger partial charge in [-0.15, -0.1) is 0 Å². The van der Waals surface area contributed by atoms with E-state index in [-0.39, 0.29) is 30.1 Å². The minimum atomic E-state index is -1.89. The fourth-order valence-corrected chi connectivity index (χ4v) is 7.37. The molecule has 3 saturated heterocycles. The summed E-state index contributed by atoms with van der Waals surface area (Å²) in [5.74, 6) is -0.753. The number of ketones is 1. The van der Waals surface area contributed by atoms with E-state index in [1.807, 2.05) is 97.7 Å². The maximum atomic E-state index is 13.2. The molecule has 0 aromatic heterocycles. The van der Waals surface area contributed by atoms with Gasteiger partial charge in [0.15, 0.2) is 18.4 Å². The van der Waals surface area contributed by atoms with Crippen LogP contribution in [0, 0.1) is 17.8 Å². The number of aliphatic hydroxyl groups excluding tert-OH is 5. The second-order valence-corrected chi connectivity index (χ2v) is 16.3. The Morgan fingerprint density at radius 3 is 2.08 bits per heavy atom. The zero-order chi connectivity index (χ0) is 46.2. The first-order chi connectivity index (χ1) is 28.3. The second-order valence-electron chi connectivity index (χ2n) is 16.3. The van der Waals surface area contributed by atoms with Crippen LogP contribution in [-0.2, 0) is 30.3 Å². The van der Waals surface area contributed by atoms with Gasteiger partial charge in [0.05, 0.1) is 44.2 Å². The van der Waals surface area contributed by atoms with Gasteiger partial charge in [0.2, 0.25) is 0 Å². The fourth-order valence-electron chi connectivity index (χ4n) is 7.37. The summed E-state index contributed by atoms with van der Waals surface area (Å²) in [6, 6.07) is 10.1. The van der Waals surface area contributed by atoms with E-state index < -0.39 is 60.3 Å². The summed E-state index contributed by atoms with van der Waals surface area (Å²) in [5.41, 5.74) is -0.796. The molecule has 352 valence electrons. The number of Topliss-reactive ketones (excluding diaryl/α,β-unsaturated/α-hetero) is 1. The first-order valence-corrected chi connectivity index (χ1v) is 22.5. The number of rotatable bonds is 6. The second kappa shape index (κ2) is 30.7. The van der Waals surface area contributed by atoms with Crippen molar-refractivity contribution in [2.24, 2.45) is 22.7 Å². The Labute approximate surface area is 363 Å². The number of ether oxygens (including phenoxy) is 4. The van der Waals surface area contributed by atoms with Gasteiger partial charge in [-0.3, -0.25) is 4.79 Å². The van der Waals surface area contributed by atoms with Crippen LogP contribution in [-0.4, -0.2) is 142 Å². The van der Waals surface area contributed by atoms with E-state index in [0.717, 1.165) is 18.4 Å². The molecule has 3 aliphatic rings. The number of nitrogens with zero attached hydrogens (tertiary/aromatic N) is 2. The van der Waals surface area contributed by atoms with Gasteiger partial charge < -0.3 is 59.8 Å². The van der Waals surface area contributed by atoms with Gasteiger partial charge in [0.25, 0.3) is 6.02 Å². The van der Waals surface area contributed by atoms with Crippen molar-refractivity contribution in [1.29, 1.82) is 0 Å². The van der Waals surface area contributed by atoms with Gasteiger partial charge in [0.1, 0.15) is 11.7 Å². The number of methoxy groups -OCH3 is 1. The maximum absolute atomic E-state index is 13.2. The fraction of sp³-hybridized carbons (Fsp3) is 0.826.